The van der Waals surface area contributed by atoms with Crippen molar-refractivity contribution < 1.29 is 17.2 Å². The Morgan fingerprint density at radius 3 is 2.59 bits per heavy atom. The van der Waals surface area contributed by atoms with Crippen LogP contribution < -0.4 is 5.73 Å². The Labute approximate surface area is 171 Å². The summed E-state index contributed by atoms with van der Waals surface area (Å²) in [4.78, 5) is 5.28. The van der Waals surface area contributed by atoms with Crippen LogP contribution in [0, 0.1) is 5.82 Å². The van der Waals surface area contributed by atoms with Crippen LogP contribution in [0.3, 0.4) is 0 Å². The van der Waals surface area contributed by atoms with E-state index < -0.39 is 25.9 Å². The van der Waals surface area contributed by atoms with Gasteiger partial charge in [0, 0.05) is 10.4 Å². The van der Waals surface area contributed by atoms with Crippen molar-refractivity contribution in [2.24, 2.45) is 10.7 Å². The summed E-state index contributed by atoms with van der Waals surface area (Å²) in [5.41, 5.74) is 6.14. The molecule has 29 heavy (non-hydrogen) atoms. The van der Waals surface area contributed by atoms with E-state index in [0.29, 0.717) is 16.3 Å². The summed E-state index contributed by atoms with van der Waals surface area (Å²) in [6, 6.07) is 8.64. The molecule has 1 aromatic carbocycles. The number of benzene rings is 1. The largest absolute Gasteiger partial charge is 0.423 e. The first-order chi connectivity index (χ1) is 13.5. The van der Waals surface area contributed by atoms with Gasteiger partial charge >= 0.3 is 0 Å². The maximum Gasteiger partial charge on any atom is 0.247 e. The Balaban J connectivity index is 1.78. The molecule has 152 valence electrons. The molecule has 0 saturated heterocycles. The van der Waals surface area contributed by atoms with Gasteiger partial charge in [-0.1, -0.05) is 12.1 Å². The fourth-order valence-electron chi connectivity index (χ4n) is 3.24. The van der Waals surface area contributed by atoms with Crippen LogP contribution in [0.4, 0.5) is 4.39 Å². The molecule has 0 fully saturated rings. The number of nitrogens with zero attached hydrogens (tertiary/aromatic N) is 3. The van der Waals surface area contributed by atoms with Crippen molar-refractivity contribution in [1.29, 1.82) is 0 Å². The zero-order valence-electron chi connectivity index (χ0n) is 16.0. The molecule has 3 aromatic rings. The normalized spacial score (nSPS) is 23.0. The molecule has 7 nitrogen and oxygen atoms in total. The molecule has 0 saturated carbocycles. The lowest BCUT2D eigenvalue weighted by molar-refractivity contribution is 0.486. The minimum absolute atomic E-state index is 0.0148. The van der Waals surface area contributed by atoms with Crippen molar-refractivity contribution in [2.75, 3.05) is 5.75 Å². The molecule has 3 heterocycles. The third-order valence-corrected chi connectivity index (χ3v) is 9.28. The van der Waals surface area contributed by atoms with E-state index in [4.69, 9.17) is 10.2 Å². The van der Waals surface area contributed by atoms with E-state index in [0.717, 1.165) is 16.9 Å². The zero-order chi connectivity index (χ0) is 21.0. The van der Waals surface area contributed by atoms with Gasteiger partial charge in [-0.3, -0.25) is 4.99 Å². The van der Waals surface area contributed by atoms with Crippen LogP contribution in [0.15, 0.2) is 46.1 Å². The molecule has 2 aromatic heterocycles. The van der Waals surface area contributed by atoms with Crippen LogP contribution in [-0.4, -0.2) is 35.0 Å². The number of nitrogens with two attached hydrogens (primary N) is 1. The van der Waals surface area contributed by atoms with Gasteiger partial charge in [-0.15, -0.1) is 21.5 Å². The number of hydrogen-bond acceptors (Lipinski definition) is 8. The number of amidine groups is 1. The molecule has 1 aliphatic heterocycles. The molecule has 0 aliphatic carbocycles. The van der Waals surface area contributed by atoms with Crippen LogP contribution in [0.5, 0.6) is 0 Å². The Bertz CT molecular complexity index is 1220. The van der Waals surface area contributed by atoms with Gasteiger partial charge in [0.15, 0.2) is 9.84 Å². The fraction of sp³-hybridized carbons (Fsp3) is 0.316. The van der Waals surface area contributed by atoms with Crippen molar-refractivity contribution >= 4 is 27.0 Å². The van der Waals surface area contributed by atoms with Crippen molar-refractivity contribution in [1.82, 2.24) is 10.2 Å². The predicted molar refractivity (Wildman–Crippen MR) is 110 cm³/mol. The highest BCUT2D eigenvalue weighted by molar-refractivity contribution is 7.93. The van der Waals surface area contributed by atoms with Gasteiger partial charge in [0.05, 0.1) is 10.6 Å². The van der Waals surface area contributed by atoms with Gasteiger partial charge < -0.3 is 10.2 Å². The van der Waals surface area contributed by atoms with Crippen LogP contribution in [0.1, 0.15) is 25.6 Å². The fourth-order valence-corrected chi connectivity index (χ4v) is 6.13. The van der Waals surface area contributed by atoms with Gasteiger partial charge in [0.1, 0.15) is 21.9 Å². The van der Waals surface area contributed by atoms with Crippen molar-refractivity contribution in [3.8, 4) is 21.9 Å². The SMILES string of the molecule is CC1(c2sc(-c3cccc(-c4nnco4)c3)cc2F)CS(=O)(=O)C(C)(C)C(N)=N1. The van der Waals surface area contributed by atoms with E-state index in [-0.39, 0.29) is 16.5 Å². The predicted octanol–water partition coefficient (Wildman–Crippen LogP) is 3.38. The van der Waals surface area contributed by atoms with Gasteiger partial charge in [0.25, 0.3) is 0 Å². The molecule has 0 amide bonds. The molecule has 1 unspecified atom stereocenters. The second-order valence-electron chi connectivity index (χ2n) is 7.65. The van der Waals surface area contributed by atoms with Gasteiger partial charge in [-0.05, 0) is 44.5 Å². The van der Waals surface area contributed by atoms with Crippen LogP contribution in [-0.2, 0) is 15.4 Å². The quantitative estimate of drug-likeness (QED) is 0.676. The highest BCUT2D eigenvalue weighted by Gasteiger charge is 2.50. The lowest BCUT2D eigenvalue weighted by Gasteiger charge is -2.37. The molecule has 4 rings (SSSR count). The lowest BCUT2D eigenvalue weighted by Crippen LogP contribution is -2.54. The van der Waals surface area contributed by atoms with E-state index in [2.05, 4.69) is 15.2 Å². The van der Waals surface area contributed by atoms with E-state index in [1.807, 2.05) is 18.2 Å². The molecule has 0 bridgehead atoms. The first kappa shape index (κ1) is 19.7. The highest BCUT2D eigenvalue weighted by Crippen LogP contribution is 2.43. The Morgan fingerprint density at radius 1 is 1.21 bits per heavy atom. The summed E-state index contributed by atoms with van der Waals surface area (Å²) in [6.45, 7) is 4.63. The summed E-state index contributed by atoms with van der Waals surface area (Å²) >= 11 is 1.16. The maximum absolute atomic E-state index is 14.9. The summed E-state index contributed by atoms with van der Waals surface area (Å²) < 4.78 is 44.4. The zero-order valence-corrected chi connectivity index (χ0v) is 17.6. The number of rotatable bonds is 3. The number of aliphatic imine (C=N–C) groups is 1. The molecule has 0 radical (unpaired) electrons. The smallest absolute Gasteiger partial charge is 0.247 e. The van der Waals surface area contributed by atoms with E-state index in [1.165, 1.54) is 26.3 Å². The molecule has 1 atom stereocenters. The van der Waals surface area contributed by atoms with Crippen molar-refractivity contribution in [3.63, 3.8) is 0 Å². The number of thiophene rings is 1. The maximum atomic E-state index is 14.9. The van der Waals surface area contributed by atoms with Crippen molar-refractivity contribution in [3.05, 3.63) is 47.4 Å². The summed E-state index contributed by atoms with van der Waals surface area (Å²) in [5.74, 6) is -0.484. The summed E-state index contributed by atoms with van der Waals surface area (Å²) in [7, 11) is -3.62. The topological polar surface area (TPSA) is 111 Å². The third-order valence-electron chi connectivity index (χ3n) is 5.16. The van der Waals surface area contributed by atoms with Gasteiger partial charge in [-0.2, -0.15) is 0 Å². The van der Waals surface area contributed by atoms with Crippen LogP contribution in [0.25, 0.3) is 21.9 Å². The van der Waals surface area contributed by atoms with Gasteiger partial charge in [-0.25, -0.2) is 12.8 Å². The van der Waals surface area contributed by atoms with E-state index in [9.17, 15) is 12.8 Å². The molecule has 2 N–H and O–H groups in total. The Kier molecular flexibility index (Phi) is 4.39. The average Bonchev–Trinajstić information content (AvgIpc) is 3.30. The Morgan fingerprint density at radius 2 is 1.93 bits per heavy atom. The molecular formula is C19H19FN4O3S2. The number of sulfone groups is 1. The van der Waals surface area contributed by atoms with Gasteiger partial charge in [0.2, 0.25) is 12.3 Å². The molecule has 0 spiro atoms. The van der Waals surface area contributed by atoms with E-state index in [1.54, 1.807) is 13.0 Å². The highest BCUT2D eigenvalue weighted by atomic mass is 32.2. The molecule has 1 aliphatic rings. The minimum atomic E-state index is -3.62. The first-order valence-corrected chi connectivity index (χ1v) is 11.3. The Hall–Kier alpha value is -2.59. The second kappa shape index (κ2) is 6.46. The third kappa shape index (κ3) is 3.16. The summed E-state index contributed by atoms with van der Waals surface area (Å²) in [5, 5.41) is 7.54. The molecule has 10 heteroatoms. The van der Waals surface area contributed by atoms with Crippen LogP contribution >= 0.6 is 11.3 Å². The number of halogens is 1. The standard InChI is InChI=1S/C19H19FN4O3S2/c1-18(2)17(21)23-19(3,9-29(18,25)26)15-13(20)8-14(28-15)11-5-4-6-12(7-11)16-24-22-10-27-16/h4-8,10H,9H2,1-3H3,(H2,21,23). The van der Waals surface area contributed by atoms with E-state index >= 15 is 0 Å². The minimum Gasteiger partial charge on any atom is -0.423 e. The van der Waals surface area contributed by atoms with Crippen LogP contribution in [0.2, 0.25) is 0 Å². The number of aromatic nitrogens is 2. The second-order valence-corrected chi connectivity index (χ2v) is 11.2. The molecular weight excluding hydrogens is 415 g/mol. The first-order valence-electron chi connectivity index (χ1n) is 8.78. The lowest BCUT2D eigenvalue weighted by atomic mass is 10.0. The van der Waals surface area contributed by atoms with Crippen molar-refractivity contribution in [2.45, 2.75) is 31.1 Å². The summed E-state index contributed by atoms with van der Waals surface area (Å²) in [6.07, 6.45) is 1.24. The monoisotopic (exact) mass is 434 g/mol. The average molecular weight is 435 g/mol. The number of hydrogen-bond donors (Lipinski definition) is 1.